The average Bonchev–Trinajstić information content (AvgIpc) is 2.87. The number of aryl methyl sites for hydroxylation is 1. The van der Waals surface area contributed by atoms with Gasteiger partial charge in [0.15, 0.2) is 11.5 Å². The second kappa shape index (κ2) is 10.4. The van der Waals surface area contributed by atoms with Crippen LogP contribution in [-0.4, -0.2) is 36.1 Å². The fraction of sp³-hybridized carbons (Fsp3) is 0.154. The van der Waals surface area contributed by atoms with Crippen LogP contribution in [0.2, 0.25) is 5.02 Å². The summed E-state index contributed by atoms with van der Waals surface area (Å²) in [6, 6.07) is 17.0. The molecule has 0 atom stereocenters. The Morgan fingerprint density at radius 3 is 2.20 bits per heavy atom. The second-order valence-electron chi connectivity index (χ2n) is 7.51. The van der Waals surface area contributed by atoms with E-state index in [4.69, 9.17) is 25.8 Å². The van der Waals surface area contributed by atoms with E-state index in [1.807, 2.05) is 24.3 Å². The molecular weight excluding hydrogens is 470 g/mol. The van der Waals surface area contributed by atoms with Crippen LogP contribution < -0.4 is 14.8 Å². The molecule has 0 fully saturated rings. The SMILES string of the molecule is COc1cc(NC(=O)c2ccccc2Cl)c(C(=O)OCc2nc3ccccc3nc2C)cc1OC. The first kappa shape index (κ1) is 24.0. The maximum atomic E-state index is 13.1. The van der Waals surface area contributed by atoms with Gasteiger partial charge in [0.2, 0.25) is 0 Å². The standard InChI is InChI=1S/C26H22ClN3O5/c1-15-22(29-20-11-7-6-10-19(20)28-15)14-35-26(32)17-12-23(33-2)24(34-3)13-21(17)30-25(31)16-8-4-5-9-18(16)27/h4-13H,14H2,1-3H3,(H,30,31). The summed E-state index contributed by atoms with van der Waals surface area (Å²) < 4.78 is 16.2. The minimum Gasteiger partial charge on any atom is -0.493 e. The number of nitrogens with zero attached hydrogens (tertiary/aromatic N) is 2. The molecule has 1 N–H and O–H groups in total. The highest BCUT2D eigenvalue weighted by Gasteiger charge is 2.21. The molecule has 178 valence electrons. The van der Waals surface area contributed by atoms with Gasteiger partial charge in [-0.2, -0.15) is 0 Å². The van der Waals surface area contributed by atoms with Crippen LogP contribution in [0.15, 0.2) is 60.7 Å². The number of aromatic nitrogens is 2. The predicted molar refractivity (Wildman–Crippen MR) is 132 cm³/mol. The summed E-state index contributed by atoms with van der Waals surface area (Å²) in [5, 5.41) is 3.00. The fourth-order valence-electron chi connectivity index (χ4n) is 3.46. The average molecular weight is 492 g/mol. The minimum absolute atomic E-state index is 0.0782. The summed E-state index contributed by atoms with van der Waals surface area (Å²) >= 11 is 6.16. The second-order valence-corrected chi connectivity index (χ2v) is 7.91. The maximum Gasteiger partial charge on any atom is 0.340 e. The van der Waals surface area contributed by atoms with Gasteiger partial charge in [-0.1, -0.05) is 35.9 Å². The first-order chi connectivity index (χ1) is 16.9. The van der Waals surface area contributed by atoms with Crippen molar-refractivity contribution >= 4 is 40.2 Å². The zero-order chi connectivity index (χ0) is 24.9. The van der Waals surface area contributed by atoms with Crippen LogP contribution in [0.3, 0.4) is 0 Å². The molecule has 1 amide bonds. The molecule has 0 aliphatic rings. The lowest BCUT2D eigenvalue weighted by Gasteiger charge is -2.16. The normalized spacial score (nSPS) is 10.6. The van der Waals surface area contributed by atoms with Crippen LogP contribution in [0.5, 0.6) is 11.5 Å². The largest absolute Gasteiger partial charge is 0.493 e. The van der Waals surface area contributed by atoms with Crippen molar-refractivity contribution in [1.29, 1.82) is 0 Å². The Morgan fingerprint density at radius 1 is 0.886 bits per heavy atom. The van der Waals surface area contributed by atoms with Crippen molar-refractivity contribution in [2.45, 2.75) is 13.5 Å². The molecule has 8 nitrogen and oxygen atoms in total. The number of hydrogen-bond donors (Lipinski definition) is 1. The molecule has 0 saturated heterocycles. The maximum absolute atomic E-state index is 13.1. The molecule has 9 heteroatoms. The topological polar surface area (TPSA) is 99.6 Å². The minimum atomic E-state index is -0.685. The van der Waals surface area contributed by atoms with Gasteiger partial charge in [-0.25, -0.2) is 14.8 Å². The number of ether oxygens (including phenoxy) is 3. The highest BCUT2D eigenvalue weighted by atomic mass is 35.5. The van der Waals surface area contributed by atoms with Crippen LogP contribution in [-0.2, 0) is 11.3 Å². The fourth-order valence-corrected chi connectivity index (χ4v) is 3.68. The number of carbonyl (C=O) groups excluding carboxylic acids is 2. The Balaban J connectivity index is 1.63. The van der Waals surface area contributed by atoms with Crippen LogP contribution in [0.1, 0.15) is 32.1 Å². The molecular formula is C26H22ClN3O5. The molecule has 4 rings (SSSR count). The number of rotatable bonds is 7. The third-order valence-electron chi connectivity index (χ3n) is 5.29. The third kappa shape index (κ3) is 5.17. The molecule has 0 saturated carbocycles. The molecule has 0 spiro atoms. The van der Waals surface area contributed by atoms with E-state index in [0.29, 0.717) is 28.4 Å². The highest BCUT2D eigenvalue weighted by molar-refractivity contribution is 6.34. The van der Waals surface area contributed by atoms with Crippen molar-refractivity contribution in [3.63, 3.8) is 0 Å². The Morgan fingerprint density at radius 2 is 1.51 bits per heavy atom. The van der Waals surface area contributed by atoms with Crippen molar-refractivity contribution in [3.8, 4) is 11.5 Å². The number of para-hydroxylation sites is 2. The van der Waals surface area contributed by atoms with Crippen molar-refractivity contribution in [1.82, 2.24) is 9.97 Å². The van der Waals surface area contributed by atoms with Crippen molar-refractivity contribution in [3.05, 3.63) is 88.2 Å². The number of methoxy groups -OCH3 is 2. The van der Waals surface area contributed by atoms with E-state index in [1.54, 1.807) is 31.2 Å². The summed E-state index contributed by atoms with van der Waals surface area (Å²) in [7, 11) is 2.90. The number of carbonyl (C=O) groups is 2. The predicted octanol–water partition coefficient (Wildman–Crippen LogP) is 5.22. The van der Waals surface area contributed by atoms with E-state index in [9.17, 15) is 9.59 Å². The van der Waals surface area contributed by atoms with E-state index in [-0.39, 0.29) is 28.4 Å². The van der Waals surface area contributed by atoms with Crippen molar-refractivity contribution in [2.24, 2.45) is 0 Å². The summed E-state index contributed by atoms with van der Waals surface area (Å²) in [5.74, 6) is -0.547. The van der Waals surface area contributed by atoms with Gasteiger partial charge in [-0.15, -0.1) is 0 Å². The Hall–Kier alpha value is -4.17. The lowest BCUT2D eigenvalue weighted by Crippen LogP contribution is -2.17. The van der Waals surface area contributed by atoms with Gasteiger partial charge in [0.05, 0.1) is 58.5 Å². The number of benzene rings is 3. The summed E-state index contributed by atoms with van der Waals surface area (Å²) in [4.78, 5) is 35.1. The number of nitrogens with one attached hydrogen (secondary N) is 1. The number of halogens is 1. The molecule has 35 heavy (non-hydrogen) atoms. The first-order valence-corrected chi connectivity index (χ1v) is 11.0. The van der Waals surface area contributed by atoms with Gasteiger partial charge in [-0.3, -0.25) is 4.79 Å². The number of fused-ring (bicyclic) bond motifs is 1. The summed E-state index contributed by atoms with van der Waals surface area (Å²) in [6.07, 6.45) is 0. The number of amides is 1. The Kier molecular flexibility index (Phi) is 7.12. The van der Waals surface area contributed by atoms with Crippen LogP contribution in [0, 0.1) is 6.92 Å². The van der Waals surface area contributed by atoms with Crippen LogP contribution in [0.4, 0.5) is 5.69 Å². The first-order valence-electron chi connectivity index (χ1n) is 10.6. The van der Waals surface area contributed by atoms with Gasteiger partial charge < -0.3 is 19.5 Å². The monoisotopic (exact) mass is 491 g/mol. The molecule has 1 aromatic heterocycles. The van der Waals surface area contributed by atoms with Crippen molar-refractivity contribution in [2.75, 3.05) is 19.5 Å². The summed E-state index contributed by atoms with van der Waals surface area (Å²) in [5.41, 5.74) is 3.14. The molecule has 0 bridgehead atoms. The highest BCUT2D eigenvalue weighted by Crippen LogP contribution is 2.34. The molecule has 1 heterocycles. The third-order valence-corrected chi connectivity index (χ3v) is 5.62. The number of anilines is 1. The lowest BCUT2D eigenvalue weighted by atomic mass is 10.1. The van der Waals surface area contributed by atoms with Gasteiger partial charge in [0.1, 0.15) is 6.61 Å². The van der Waals surface area contributed by atoms with Gasteiger partial charge in [0.25, 0.3) is 5.91 Å². The van der Waals surface area contributed by atoms with Gasteiger partial charge in [0, 0.05) is 12.1 Å². The van der Waals surface area contributed by atoms with E-state index in [1.165, 1.54) is 26.4 Å². The molecule has 4 aromatic rings. The quantitative estimate of drug-likeness (QED) is 0.354. The van der Waals surface area contributed by atoms with E-state index in [2.05, 4.69) is 15.3 Å². The van der Waals surface area contributed by atoms with E-state index >= 15 is 0 Å². The Labute approximate surface area is 206 Å². The van der Waals surface area contributed by atoms with Crippen LogP contribution in [0.25, 0.3) is 11.0 Å². The zero-order valence-corrected chi connectivity index (χ0v) is 20.1. The molecule has 0 aliphatic heterocycles. The van der Waals surface area contributed by atoms with E-state index < -0.39 is 11.9 Å². The molecule has 0 radical (unpaired) electrons. The van der Waals surface area contributed by atoms with Crippen LogP contribution >= 0.6 is 11.6 Å². The zero-order valence-electron chi connectivity index (χ0n) is 19.3. The Bertz CT molecular complexity index is 1420. The number of esters is 1. The summed E-state index contributed by atoms with van der Waals surface area (Å²) in [6.45, 7) is 1.70. The molecule has 3 aromatic carbocycles. The van der Waals surface area contributed by atoms with Crippen molar-refractivity contribution < 1.29 is 23.8 Å². The van der Waals surface area contributed by atoms with Gasteiger partial charge in [-0.05, 0) is 31.2 Å². The lowest BCUT2D eigenvalue weighted by molar-refractivity contribution is 0.0468. The molecule has 0 aliphatic carbocycles. The molecule has 0 unspecified atom stereocenters. The van der Waals surface area contributed by atoms with E-state index in [0.717, 1.165) is 5.52 Å². The van der Waals surface area contributed by atoms with Gasteiger partial charge >= 0.3 is 5.97 Å². The smallest absolute Gasteiger partial charge is 0.340 e. The number of hydrogen-bond acceptors (Lipinski definition) is 7.